The van der Waals surface area contributed by atoms with Gasteiger partial charge in [0, 0.05) is 12.5 Å². The third-order valence-electron chi connectivity index (χ3n) is 2.25. The number of halogens is 2. The number of rotatable bonds is 6. The minimum Gasteiger partial charge on any atom is -0.420 e. The summed E-state index contributed by atoms with van der Waals surface area (Å²) in [5.41, 5.74) is 0. The molecule has 1 fully saturated rings. The molecule has 1 aromatic rings. The summed E-state index contributed by atoms with van der Waals surface area (Å²) in [5, 5.41) is 10.1. The summed E-state index contributed by atoms with van der Waals surface area (Å²) >= 11 is 0. The van der Waals surface area contributed by atoms with E-state index in [0.29, 0.717) is 18.4 Å². The van der Waals surface area contributed by atoms with Gasteiger partial charge in [0.05, 0.1) is 0 Å². The van der Waals surface area contributed by atoms with Gasteiger partial charge in [-0.2, -0.15) is 8.78 Å². The van der Waals surface area contributed by atoms with E-state index in [1.54, 1.807) is 0 Å². The molecular weight excluding hydrogens is 204 g/mol. The van der Waals surface area contributed by atoms with Crippen molar-refractivity contribution in [2.24, 2.45) is 0 Å². The Bertz CT molecular complexity index is 312. The van der Waals surface area contributed by atoms with Gasteiger partial charge in [-0.1, -0.05) is 0 Å². The van der Waals surface area contributed by atoms with E-state index in [-0.39, 0.29) is 0 Å². The van der Waals surface area contributed by atoms with Crippen molar-refractivity contribution in [3.05, 3.63) is 11.8 Å². The number of nitrogens with one attached hydrogen (secondary N) is 1. The predicted molar refractivity (Wildman–Crippen MR) is 48.6 cm³/mol. The van der Waals surface area contributed by atoms with Crippen LogP contribution in [0.15, 0.2) is 4.42 Å². The maximum absolute atomic E-state index is 12.1. The van der Waals surface area contributed by atoms with Gasteiger partial charge >= 0.3 is 6.43 Å². The lowest BCUT2D eigenvalue weighted by Gasteiger charge is -1.99. The van der Waals surface area contributed by atoms with E-state index in [2.05, 4.69) is 15.5 Å². The number of aryl methyl sites for hydroxylation is 1. The van der Waals surface area contributed by atoms with Gasteiger partial charge in [0.1, 0.15) is 0 Å². The van der Waals surface area contributed by atoms with Gasteiger partial charge < -0.3 is 9.73 Å². The van der Waals surface area contributed by atoms with Gasteiger partial charge in [-0.15, -0.1) is 10.2 Å². The molecule has 0 aliphatic heterocycles. The molecule has 0 atom stereocenters. The largest absolute Gasteiger partial charge is 0.420 e. The van der Waals surface area contributed by atoms with Crippen LogP contribution in [0.2, 0.25) is 0 Å². The lowest BCUT2D eigenvalue weighted by atomic mass is 10.3. The molecule has 1 aromatic heterocycles. The predicted octanol–water partition coefficient (Wildman–Crippen LogP) is 1.69. The SMILES string of the molecule is FC(F)c1nnc(CCCNC2CC2)o1. The Hall–Kier alpha value is -1.04. The minimum atomic E-state index is -2.67. The van der Waals surface area contributed by atoms with Crippen molar-refractivity contribution in [3.63, 3.8) is 0 Å². The second-order valence-electron chi connectivity index (χ2n) is 3.67. The third-order valence-corrected chi connectivity index (χ3v) is 2.25. The Labute approximate surface area is 86.1 Å². The zero-order valence-corrected chi connectivity index (χ0v) is 8.25. The number of aromatic nitrogens is 2. The van der Waals surface area contributed by atoms with E-state index < -0.39 is 12.3 Å². The van der Waals surface area contributed by atoms with Gasteiger partial charge in [0.15, 0.2) is 0 Å². The molecule has 1 saturated carbocycles. The van der Waals surface area contributed by atoms with Crippen LogP contribution < -0.4 is 5.32 Å². The summed E-state index contributed by atoms with van der Waals surface area (Å²) in [6.45, 7) is 0.872. The summed E-state index contributed by atoms with van der Waals surface area (Å²) in [6.07, 6.45) is 1.21. The summed E-state index contributed by atoms with van der Waals surface area (Å²) < 4.78 is 28.9. The summed E-state index contributed by atoms with van der Waals surface area (Å²) in [6, 6.07) is 0.671. The monoisotopic (exact) mass is 217 g/mol. The molecule has 0 saturated heterocycles. The lowest BCUT2D eigenvalue weighted by molar-refractivity contribution is 0.113. The fraction of sp³-hybridized carbons (Fsp3) is 0.778. The highest BCUT2D eigenvalue weighted by molar-refractivity contribution is 4.84. The molecule has 1 aliphatic carbocycles. The van der Waals surface area contributed by atoms with Crippen molar-refractivity contribution in [1.29, 1.82) is 0 Å². The van der Waals surface area contributed by atoms with Crippen LogP contribution in [0.1, 0.15) is 37.5 Å². The first-order valence-corrected chi connectivity index (χ1v) is 5.09. The second-order valence-corrected chi connectivity index (χ2v) is 3.67. The molecule has 1 aliphatic rings. The fourth-order valence-corrected chi connectivity index (χ4v) is 1.29. The highest BCUT2D eigenvalue weighted by Crippen LogP contribution is 2.19. The number of alkyl halides is 2. The molecule has 0 spiro atoms. The van der Waals surface area contributed by atoms with E-state index >= 15 is 0 Å². The maximum Gasteiger partial charge on any atom is 0.314 e. The lowest BCUT2D eigenvalue weighted by Crippen LogP contribution is -2.17. The first-order valence-electron chi connectivity index (χ1n) is 5.09. The van der Waals surface area contributed by atoms with Crippen LogP contribution in [0, 0.1) is 0 Å². The minimum absolute atomic E-state index is 0.294. The Morgan fingerprint density at radius 2 is 2.20 bits per heavy atom. The van der Waals surface area contributed by atoms with E-state index in [9.17, 15) is 8.78 Å². The van der Waals surface area contributed by atoms with E-state index in [4.69, 9.17) is 4.42 Å². The molecule has 0 amide bonds. The summed E-state index contributed by atoms with van der Waals surface area (Å²) in [5.74, 6) is -0.289. The van der Waals surface area contributed by atoms with E-state index in [0.717, 1.165) is 13.0 Å². The molecule has 0 bridgehead atoms. The smallest absolute Gasteiger partial charge is 0.314 e. The van der Waals surface area contributed by atoms with Crippen LogP contribution in [0.3, 0.4) is 0 Å². The van der Waals surface area contributed by atoms with Gasteiger partial charge in [-0.05, 0) is 25.8 Å². The van der Waals surface area contributed by atoms with Crippen LogP contribution in [0.5, 0.6) is 0 Å². The second kappa shape index (κ2) is 4.65. The quantitative estimate of drug-likeness (QED) is 0.737. The van der Waals surface area contributed by atoms with E-state index in [1.165, 1.54) is 12.8 Å². The fourth-order valence-electron chi connectivity index (χ4n) is 1.29. The molecule has 15 heavy (non-hydrogen) atoms. The number of hydrogen-bond donors (Lipinski definition) is 1. The van der Waals surface area contributed by atoms with Crippen LogP contribution in [0.4, 0.5) is 8.78 Å². The summed E-state index contributed by atoms with van der Waals surface area (Å²) in [7, 11) is 0. The van der Waals surface area contributed by atoms with Crippen LogP contribution >= 0.6 is 0 Å². The molecule has 4 nitrogen and oxygen atoms in total. The van der Waals surface area contributed by atoms with E-state index in [1.807, 2.05) is 0 Å². The summed E-state index contributed by atoms with van der Waals surface area (Å²) in [4.78, 5) is 0. The van der Waals surface area contributed by atoms with Crippen molar-refractivity contribution in [2.75, 3.05) is 6.54 Å². The molecule has 0 radical (unpaired) electrons. The molecule has 0 unspecified atom stereocenters. The average molecular weight is 217 g/mol. The first kappa shape index (κ1) is 10.5. The maximum atomic E-state index is 12.1. The molecule has 84 valence electrons. The Morgan fingerprint density at radius 1 is 1.40 bits per heavy atom. The molecule has 1 heterocycles. The van der Waals surface area contributed by atoms with Gasteiger partial charge in [0.2, 0.25) is 5.89 Å². The van der Waals surface area contributed by atoms with Crippen LogP contribution in [-0.2, 0) is 6.42 Å². The van der Waals surface area contributed by atoms with Crippen molar-refractivity contribution in [3.8, 4) is 0 Å². The number of nitrogens with zero attached hydrogens (tertiary/aromatic N) is 2. The van der Waals surface area contributed by atoms with Crippen molar-refractivity contribution in [1.82, 2.24) is 15.5 Å². The van der Waals surface area contributed by atoms with Crippen molar-refractivity contribution < 1.29 is 13.2 Å². The molecule has 1 N–H and O–H groups in total. The standard InChI is InChI=1S/C9H13F2N3O/c10-8(11)9-14-13-7(15-9)2-1-5-12-6-3-4-6/h6,8,12H,1-5H2. The molecular formula is C9H13F2N3O. The highest BCUT2D eigenvalue weighted by atomic mass is 19.3. The third kappa shape index (κ3) is 3.23. The van der Waals surface area contributed by atoms with Crippen molar-refractivity contribution in [2.45, 2.75) is 38.2 Å². The zero-order chi connectivity index (χ0) is 10.7. The number of hydrogen-bond acceptors (Lipinski definition) is 4. The molecule has 2 rings (SSSR count). The topological polar surface area (TPSA) is 51.0 Å². The van der Waals surface area contributed by atoms with Gasteiger partial charge in [-0.3, -0.25) is 0 Å². The molecule has 0 aromatic carbocycles. The average Bonchev–Trinajstić information content (AvgIpc) is 2.90. The molecule has 6 heteroatoms. The van der Waals surface area contributed by atoms with Crippen LogP contribution in [-0.4, -0.2) is 22.8 Å². The van der Waals surface area contributed by atoms with Gasteiger partial charge in [-0.25, -0.2) is 0 Å². The Kier molecular flexibility index (Phi) is 3.25. The Morgan fingerprint density at radius 3 is 2.80 bits per heavy atom. The first-order chi connectivity index (χ1) is 7.25. The zero-order valence-electron chi connectivity index (χ0n) is 8.25. The normalized spacial score (nSPS) is 16.2. The van der Waals surface area contributed by atoms with Gasteiger partial charge in [0.25, 0.3) is 5.89 Å². The highest BCUT2D eigenvalue weighted by Gasteiger charge is 2.20. The van der Waals surface area contributed by atoms with Crippen molar-refractivity contribution >= 4 is 0 Å². The van der Waals surface area contributed by atoms with Crippen LogP contribution in [0.25, 0.3) is 0 Å². The Balaban J connectivity index is 1.67.